The van der Waals surface area contributed by atoms with E-state index in [0.717, 1.165) is 24.3 Å². The number of rotatable bonds is 8. The van der Waals surface area contributed by atoms with Gasteiger partial charge in [0.05, 0.1) is 7.11 Å². The summed E-state index contributed by atoms with van der Waals surface area (Å²) < 4.78 is 5.11. The van der Waals surface area contributed by atoms with Crippen LogP contribution in [0.25, 0.3) is 6.08 Å². The van der Waals surface area contributed by atoms with E-state index in [9.17, 15) is 10.1 Å². The largest absolute Gasteiger partial charge is 0.497 e. The third kappa shape index (κ3) is 5.97. The molecular weight excluding hydrogens is 386 g/mol. The lowest BCUT2D eigenvalue weighted by Gasteiger charge is -2.23. The quantitative estimate of drug-likeness (QED) is 0.405. The van der Waals surface area contributed by atoms with Crippen LogP contribution in [0.4, 0.5) is 11.4 Å². The van der Waals surface area contributed by atoms with Gasteiger partial charge in [-0.05, 0) is 60.5 Å². The lowest BCUT2D eigenvalue weighted by atomic mass is 10.1. The molecule has 5 nitrogen and oxygen atoms in total. The minimum absolute atomic E-state index is 0.0419. The maximum atomic E-state index is 12.5. The van der Waals surface area contributed by atoms with E-state index in [1.165, 1.54) is 5.56 Å². The second-order valence-electron chi connectivity index (χ2n) is 6.94. The number of nitriles is 1. The Morgan fingerprint density at radius 3 is 2.29 bits per heavy atom. The Morgan fingerprint density at radius 1 is 1.03 bits per heavy atom. The first-order chi connectivity index (χ1) is 15.1. The van der Waals surface area contributed by atoms with Crippen LogP contribution < -0.4 is 15.0 Å². The highest BCUT2D eigenvalue weighted by Crippen LogP contribution is 2.20. The zero-order valence-electron chi connectivity index (χ0n) is 17.7. The van der Waals surface area contributed by atoms with Crippen molar-refractivity contribution in [3.05, 3.63) is 95.6 Å². The van der Waals surface area contributed by atoms with Crippen LogP contribution >= 0.6 is 0 Å². The monoisotopic (exact) mass is 411 g/mol. The molecule has 0 saturated carbocycles. The van der Waals surface area contributed by atoms with Gasteiger partial charge in [0.2, 0.25) is 0 Å². The number of ether oxygens (including phenoxy) is 1. The zero-order chi connectivity index (χ0) is 22.1. The van der Waals surface area contributed by atoms with Crippen LogP contribution in [0.3, 0.4) is 0 Å². The number of hydrogen-bond donors (Lipinski definition) is 1. The summed E-state index contributed by atoms with van der Waals surface area (Å²) in [5.41, 5.74) is 3.77. The fourth-order valence-corrected chi connectivity index (χ4v) is 3.16. The summed E-state index contributed by atoms with van der Waals surface area (Å²) in [5.74, 6) is 0.249. The standard InChI is InChI=1S/C26H25N3O2/c1-3-29(19-21-7-5-4-6-8-21)24-13-9-20(10-14-24)17-22(18-27)26(30)28-23-11-15-25(31-2)16-12-23/h4-17H,3,19H2,1-2H3,(H,28,30)/b22-17-. The minimum Gasteiger partial charge on any atom is -0.497 e. The smallest absolute Gasteiger partial charge is 0.266 e. The van der Waals surface area contributed by atoms with Crippen molar-refractivity contribution in [3.63, 3.8) is 0 Å². The van der Waals surface area contributed by atoms with Gasteiger partial charge in [-0.1, -0.05) is 42.5 Å². The molecule has 0 aliphatic heterocycles. The number of methoxy groups -OCH3 is 1. The zero-order valence-corrected chi connectivity index (χ0v) is 17.7. The summed E-state index contributed by atoms with van der Waals surface area (Å²) in [6, 6.07) is 27.1. The van der Waals surface area contributed by atoms with E-state index in [0.29, 0.717) is 11.4 Å². The highest BCUT2D eigenvalue weighted by molar-refractivity contribution is 6.09. The van der Waals surface area contributed by atoms with Gasteiger partial charge in [-0.15, -0.1) is 0 Å². The van der Waals surface area contributed by atoms with E-state index in [1.807, 2.05) is 48.5 Å². The first-order valence-corrected chi connectivity index (χ1v) is 10.1. The number of hydrogen-bond acceptors (Lipinski definition) is 4. The molecule has 1 N–H and O–H groups in total. The first-order valence-electron chi connectivity index (χ1n) is 10.1. The third-order valence-electron chi connectivity index (χ3n) is 4.88. The normalized spacial score (nSPS) is 10.8. The Bertz CT molecular complexity index is 1070. The maximum absolute atomic E-state index is 12.5. The molecule has 0 fully saturated rings. The van der Waals surface area contributed by atoms with E-state index in [-0.39, 0.29) is 5.57 Å². The second kappa shape index (κ2) is 10.7. The van der Waals surface area contributed by atoms with Crippen molar-refractivity contribution in [3.8, 4) is 11.8 Å². The Morgan fingerprint density at radius 2 is 1.71 bits per heavy atom. The highest BCUT2D eigenvalue weighted by Gasteiger charge is 2.10. The molecule has 0 atom stereocenters. The van der Waals surface area contributed by atoms with Gasteiger partial charge in [0.1, 0.15) is 17.4 Å². The molecule has 1 amide bonds. The summed E-state index contributed by atoms with van der Waals surface area (Å²) >= 11 is 0. The molecule has 0 heterocycles. The molecule has 0 unspecified atom stereocenters. The summed E-state index contributed by atoms with van der Waals surface area (Å²) in [6.45, 7) is 3.81. The van der Waals surface area contributed by atoms with E-state index in [1.54, 1.807) is 37.5 Å². The van der Waals surface area contributed by atoms with Gasteiger partial charge < -0.3 is 15.0 Å². The minimum atomic E-state index is -0.448. The molecule has 156 valence electrons. The van der Waals surface area contributed by atoms with Gasteiger partial charge in [-0.25, -0.2) is 0 Å². The van der Waals surface area contributed by atoms with Crippen molar-refractivity contribution in [1.82, 2.24) is 0 Å². The number of nitrogens with zero attached hydrogens (tertiary/aromatic N) is 2. The summed E-state index contributed by atoms with van der Waals surface area (Å²) in [5, 5.41) is 12.2. The van der Waals surface area contributed by atoms with E-state index >= 15 is 0 Å². The van der Waals surface area contributed by atoms with E-state index < -0.39 is 5.91 Å². The molecule has 0 aliphatic carbocycles. The number of anilines is 2. The fraction of sp³-hybridized carbons (Fsp3) is 0.154. The van der Waals surface area contributed by atoms with Crippen LogP contribution in [0.2, 0.25) is 0 Å². The fourth-order valence-electron chi connectivity index (χ4n) is 3.16. The lowest BCUT2D eigenvalue weighted by molar-refractivity contribution is -0.112. The van der Waals surface area contributed by atoms with Gasteiger partial charge in [0.15, 0.2) is 0 Å². The van der Waals surface area contributed by atoms with Crippen LogP contribution in [-0.2, 0) is 11.3 Å². The molecule has 5 heteroatoms. The van der Waals surface area contributed by atoms with Gasteiger partial charge in [-0.2, -0.15) is 5.26 Å². The van der Waals surface area contributed by atoms with E-state index in [2.05, 4.69) is 29.3 Å². The van der Waals surface area contributed by atoms with Crippen molar-refractivity contribution in [2.75, 3.05) is 23.9 Å². The average molecular weight is 412 g/mol. The molecule has 0 aliphatic rings. The SMILES string of the molecule is CCN(Cc1ccccc1)c1ccc(/C=C(/C#N)C(=O)Nc2ccc(OC)cc2)cc1. The average Bonchev–Trinajstić information content (AvgIpc) is 2.82. The van der Waals surface area contributed by atoms with Gasteiger partial charge in [0, 0.05) is 24.5 Å². The van der Waals surface area contributed by atoms with Crippen LogP contribution in [0, 0.1) is 11.3 Å². The van der Waals surface area contributed by atoms with E-state index in [4.69, 9.17) is 4.74 Å². The van der Waals surface area contributed by atoms with Gasteiger partial charge >= 0.3 is 0 Å². The predicted molar refractivity (Wildman–Crippen MR) is 125 cm³/mol. The van der Waals surface area contributed by atoms with Crippen LogP contribution in [0.5, 0.6) is 5.75 Å². The van der Waals surface area contributed by atoms with Crippen LogP contribution in [0.15, 0.2) is 84.4 Å². The maximum Gasteiger partial charge on any atom is 0.266 e. The van der Waals surface area contributed by atoms with Crippen molar-refractivity contribution in [1.29, 1.82) is 5.26 Å². The third-order valence-corrected chi connectivity index (χ3v) is 4.88. The molecule has 0 aromatic heterocycles. The summed E-state index contributed by atoms with van der Waals surface area (Å²) in [7, 11) is 1.58. The lowest BCUT2D eigenvalue weighted by Crippen LogP contribution is -2.21. The molecule has 3 rings (SSSR count). The number of nitrogens with one attached hydrogen (secondary N) is 1. The number of carbonyl (C=O) groups is 1. The van der Waals surface area contributed by atoms with Gasteiger partial charge in [0.25, 0.3) is 5.91 Å². The van der Waals surface area contributed by atoms with Gasteiger partial charge in [-0.3, -0.25) is 4.79 Å². The van der Waals surface area contributed by atoms with Crippen molar-refractivity contribution in [2.45, 2.75) is 13.5 Å². The topological polar surface area (TPSA) is 65.4 Å². The molecule has 0 spiro atoms. The molecule has 31 heavy (non-hydrogen) atoms. The molecule has 0 saturated heterocycles. The number of amides is 1. The second-order valence-corrected chi connectivity index (χ2v) is 6.94. The summed E-state index contributed by atoms with van der Waals surface area (Å²) in [6.07, 6.45) is 1.59. The predicted octanol–water partition coefficient (Wildman–Crippen LogP) is 5.27. The highest BCUT2D eigenvalue weighted by atomic mass is 16.5. The van der Waals surface area contributed by atoms with Crippen LogP contribution in [-0.4, -0.2) is 19.6 Å². The Hall–Kier alpha value is -4.04. The summed E-state index contributed by atoms with van der Waals surface area (Å²) in [4.78, 5) is 14.8. The van der Waals surface area contributed by atoms with Crippen molar-refractivity contribution < 1.29 is 9.53 Å². The molecule has 0 radical (unpaired) electrons. The van der Waals surface area contributed by atoms with Crippen molar-refractivity contribution >= 4 is 23.4 Å². The molecule has 0 bridgehead atoms. The van der Waals surface area contributed by atoms with Crippen molar-refractivity contribution in [2.24, 2.45) is 0 Å². The molecule has 3 aromatic rings. The molecule has 3 aromatic carbocycles. The van der Waals surface area contributed by atoms with Crippen LogP contribution in [0.1, 0.15) is 18.1 Å². The number of benzene rings is 3. The molecular formula is C26H25N3O2. The Kier molecular flexibility index (Phi) is 7.45. The Balaban J connectivity index is 1.70. The first kappa shape index (κ1) is 21.7. The Labute approximate surface area is 183 Å². The number of carbonyl (C=O) groups excluding carboxylic acids is 1.